The highest BCUT2D eigenvalue weighted by Crippen LogP contribution is 2.15. The van der Waals surface area contributed by atoms with Crippen LogP contribution in [-0.4, -0.2) is 42.5 Å². The first kappa shape index (κ1) is 16.0. The average molecular weight is 301 g/mol. The summed E-state index contributed by atoms with van der Waals surface area (Å²) in [6, 6.07) is 8.78. The number of para-hydroxylation sites is 1. The second-order valence-corrected chi connectivity index (χ2v) is 5.24. The van der Waals surface area contributed by atoms with Crippen LogP contribution in [0.4, 0.5) is 5.69 Å². The summed E-state index contributed by atoms with van der Waals surface area (Å²) in [5.74, 6) is -0.491. The Kier molecular flexibility index (Phi) is 5.50. The van der Waals surface area contributed by atoms with E-state index < -0.39 is 0 Å². The number of hydrogen-bond donors (Lipinski definition) is 1. The largest absolute Gasteiger partial charge is 0.376 e. The number of rotatable bonds is 5. The van der Waals surface area contributed by atoms with Gasteiger partial charge in [-0.05, 0) is 25.0 Å². The summed E-state index contributed by atoms with van der Waals surface area (Å²) >= 11 is 0. The van der Waals surface area contributed by atoms with Gasteiger partial charge in [-0.1, -0.05) is 12.1 Å². The maximum atomic E-state index is 12.1. The number of hydrogen-bond acceptors (Lipinski definition) is 4. The van der Waals surface area contributed by atoms with E-state index in [1.807, 2.05) is 6.07 Å². The van der Waals surface area contributed by atoms with Crippen LogP contribution in [0, 0.1) is 11.3 Å². The highest BCUT2D eigenvalue weighted by atomic mass is 16.5. The lowest BCUT2D eigenvalue weighted by Gasteiger charge is -2.23. The van der Waals surface area contributed by atoms with Crippen LogP contribution in [0.1, 0.15) is 25.3 Å². The number of benzene rings is 1. The van der Waals surface area contributed by atoms with Gasteiger partial charge in [-0.25, -0.2) is 0 Å². The van der Waals surface area contributed by atoms with Gasteiger partial charge in [-0.3, -0.25) is 9.59 Å². The predicted octanol–water partition coefficient (Wildman–Crippen LogP) is 1.52. The zero-order chi connectivity index (χ0) is 15.9. The minimum absolute atomic E-state index is 0.00287. The zero-order valence-electron chi connectivity index (χ0n) is 12.5. The molecule has 1 atom stereocenters. The average Bonchev–Trinajstić information content (AvgIpc) is 3.00. The molecule has 2 rings (SSSR count). The lowest BCUT2D eigenvalue weighted by molar-refractivity contribution is -0.134. The molecule has 1 fully saturated rings. The van der Waals surface area contributed by atoms with Crippen molar-refractivity contribution in [2.75, 3.05) is 25.0 Å². The fraction of sp³-hybridized carbons (Fsp3) is 0.438. The van der Waals surface area contributed by atoms with Gasteiger partial charge in [-0.2, -0.15) is 5.26 Å². The Hall–Kier alpha value is -2.39. The number of anilines is 1. The van der Waals surface area contributed by atoms with Crippen molar-refractivity contribution < 1.29 is 14.3 Å². The predicted molar refractivity (Wildman–Crippen MR) is 81.0 cm³/mol. The van der Waals surface area contributed by atoms with E-state index in [0.717, 1.165) is 12.8 Å². The van der Waals surface area contributed by atoms with E-state index in [-0.39, 0.29) is 24.5 Å². The molecule has 1 unspecified atom stereocenters. The van der Waals surface area contributed by atoms with Crippen molar-refractivity contribution in [3.05, 3.63) is 29.8 Å². The van der Waals surface area contributed by atoms with Crippen molar-refractivity contribution >= 4 is 17.5 Å². The molecule has 1 saturated heterocycles. The van der Waals surface area contributed by atoms with Gasteiger partial charge in [0.25, 0.3) is 0 Å². The van der Waals surface area contributed by atoms with E-state index in [1.54, 1.807) is 24.3 Å². The molecule has 0 spiro atoms. The molecule has 0 aliphatic carbocycles. The third kappa shape index (κ3) is 4.30. The van der Waals surface area contributed by atoms with Crippen LogP contribution in [0.15, 0.2) is 24.3 Å². The summed E-state index contributed by atoms with van der Waals surface area (Å²) in [5, 5.41) is 11.7. The van der Waals surface area contributed by atoms with Gasteiger partial charge in [0.2, 0.25) is 11.8 Å². The first-order chi connectivity index (χ1) is 10.6. The van der Waals surface area contributed by atoms with Crippen LogP contribution in [0.25, 0.3) is 0 Å². The molecule has 1 aliphatic rings. The second kappa shape index (κ2) is 7.57. The molecule has 1 aromatic carbocycles. The molecule has 116 valence electrons. The summed E-state index contributed by atoms with van der Waals surface area (Å²) in [7, 11) is 0. The van der Waals surface area contributed by atoms with Crippen molar-refractivity contribution in [1.29, 1.82) is 5.26 Å². The fourth-order valence-electron chi connectivity index (χ4n) is 2.39. The van der Waals surface area contributed by atoms with E-state index in [0.29, 0.717) is 24.4 Å². The Morgan fingerprint density at radius 2 is 2.23 bits per heavy atom. The third-order valence-corrected chi connectivity index (χ3v) is 3.55. The number of nitrogens with zero attached hydrogens (tertiary/aromatic N) is 2. The first-order valence-corrected chi connectivity index (χ1v) is 7.26. The number of ether oxygens (including phenoxy) is 1. The summed E-state index contributed by atoms with van der Waals surface area (Å²) in [6.45, 7) is 2.52. The number of carbonyl (C=O) groups excluding carboxylic acids is 2. The van der Waals surface area contributed by atoms with Gasteiger partial charge in [0.05, 0.1) is 23.9 Å². The Morgan fingerprint density at radius 3 is 2.86 bits per heavy atom. The van der Waals surface area contributed by atoms with Crippen molar-refractivity contribution in [1.82, 2.24) is 4.90 Å². The quantitative estimate of drug-likeness (QED) is 0.894. The van der Waals surface area contributed by atoms with Crippen molar-refractivity contribution in [2.45, 2.75) is 25.9 Å². The molecule has 22 heavy (non-hydrogen) atoms. The monoisotopic (exact) mass is 301 g/mol. The van der Waals surface area contributed by atoms with Crippen LogP contribution in [0.3, 0.4) is 0 Å². The number of nitriles is 1. The highest BCUT2D eigenvalue weighted by Gasteiger charge is 2.22. The van der Waals surface area contributed by atoms with E-state index in [2.05, 4.69) is 5.32 Å². The minimum atomic E-state index is -0.323. The molecule has 6 nitrogen and oxygen atoms in total. The van der Waals surface area contributed by atoms with E-state index >= 15 is 0 Å². The van der Waals surface area contributed by atoms with Crippen molar-refractivity contribution in [3.63, 3.8) is 0 Å². The smallest absolute Gasteiger partial charge is 0.244 e. The number of amides is 2. The van der Waals surface area contributed by atoms with Gasteiger partial charge in [0.15, 0.2) is 0 Å². The first-order valence-electron chi connectivity index (χ1n) is 7.26. The molecule has 1 aliphatic heterocycles. The second-order valence-electron chi connectivity index (χ2n) is 5.24. The van der Waals surface area contributed by atoms with Crippen LogP contribution in [-0.2, 0) is 14.3 Å². The molecule has 1 N–H and O–H groups in total. The lowest BCUT2D eigenvalue weighted by Crippen LogP contribution is -2.41. The van der Waals surface area contributed by atoms with Crippen LogP contribution in [0.2, 0.25) is 0 Å². The standard InChI is InChI=1S/C16H19N3O3/c1-12(20)19(10-14-6-4-8-22-14)11-16(21)18-15-7-3-2-5-13(15)9-17/h2-3,5,7,14H,4,6,8,10-11H2,1H3,(H,18,21). The van der Waals surface area contributed by atoms with Gasteiger partial charge < -0.3 is 15.0 Å². The lowest BCUT2D eigenvalue weighted by atomic mass is 10.2. The maximum absolute atomic E-state index is 12.1. The third-order valence-electron chi connectivity index (χ3n) is 3.55. The maximum Gasteiger partial charge on any atom is 0.244 e. The van der Waals surface area contributed by atoms with Crippen molar-refractivity contribution in [2.24, 2.45) is 0 Å². The van der Waals surface area contributed by atoms with E-state index in [9.17, 15) is 9.59 Å². The van der Waals surface area contributed by atoms with Gasteiger partial charge in [0.1, 0.15) is 6.07 Å². The normalized spacial score (nSPS) is 16.8. The SMILES string of the molecule is CC(=O)N(CC(=O)Nc1ccccc1C#N)CC1CCCO1. The van der Waals surface area contributed by atoms with Gasteiger partial charge >= 0.3 is 0 Å². The van der Waals surface area contributed by atoms with Crippen LogP contribution in [0.5, 0.6) is 0 Å². The fourth-order valence-corrected chi connectivity index (χ4v) is 2.39. The van der Waals surface area contributed by atoms with Gasteiger partial charge in [0, 0.05) is 20.1 Å². The van der Waals surface area contributed by atoms with E-state index in [1.165, 1.54) is 11.8 Å². The highest BCUT2D eigenvalue weighted by molar-refractivity contribution is 5.95. The molecule has 1 aromatic rings. The van der Waals surface area contributed by atoms with Gasteiger partial charge in [-0.15, -0.1) is 0 Å². The topological polar surface area (TPSA) is 82.4 Å². The Morgan fingerprint density at radius 1 is 1.45 bits per heavy atom. The minimum Gasteiger partial charge on any atom is -0.376 e. The summed E-state index contributed by atoms with van der Waals surface area (Å²) < 4.78 is 5.50. The summed E-state index contributed by atoms with van der Waals surface area (Å²) in [5.41, 5.74) is 0.847. The zero-order valence-corrected chi connectivity index (χ0v) is 12.5. The van der Waals surface area contributed by atoms with Crippen LogP contribution >= 0.6 is 0 Å². The van der Waals surface area contributed by atoms with Crippen molar-refractivity contribution in [3.8, 4) is 6.07 Å². The molecular weight excluding hydrogens is 282 g/mol. The molecule has 0 saturated carbocycles. The molecule has 0 aromatic heterocycles. The van der Waals surface area contributed by atoms with Crippen LogP contribution < -0.4 is 5.32 Å². The summed E-state index contributed by atoms with van der Waals surface area (Å²) in [4.78, 5) is 25.3. The number of carbonyl (C=O) groups is 2. The Bertz CT molecular complexity index is 589. The molecule has 0 radical (unpaired) electrons. The molecule has 0 bridgehead atoms. The molecule has 1 heterocycles. The Balaban J connectivity index is 1.96. The number of nitrogens with one attached hydrogen (secondary N) is 1. The van der Waals surface area contributed by atoms with E-state index in [4.69, 9.17) is 10.00 Å². The molecular formula is C16H19N3O3. The summed E-state index contributed by atoms with van der Waals surface area (Å²) in [6.07, 6.45) is 1.89. The molecule has 6 heteroatoms. The Labute approximate surface area is 129 Å². The molecule has 2 amide bonds.